The number of nitrogens with zero attached hydrogens (tertiary/aromatic N) is 2. The number of ketones is 1. The molecule has 3 aromatic rings. The largest absolute Gasteiger partial charge is 0.507 e. The first-order chi connectivity index (χ1) is 16.6. The van der Waals surface area contributed by atoms with Gasteiger partial charge >= 0.3 is 0 Å². The van der Waals surface area contributed by atoms with Crippen molar-refractivity contribution >= 4 is 39.1 Å². The number of rotatable bonds is 5. The topological polar surface area (TPSA) is 79.7 Å². The van der Waals surface area contributed by atoms with E-state index in [2.05, 4.69) is 41.7 Å². The highest BCUT2D eigenvalue weighted by molar-refractivity contribution is 9.10. The lowest BCUT2D eigenvalue weighted by molar-refractivity contribution is -0.132. The van der Waals surface area contributed by atoms with Gasteiger partial charge in [0, 0.05) is 33.7 Å². The molecule has 2 heterocycles. The average Bonchev–Trinajstić information content (AvgIpc) is 3.10. The summed E-state index contributed by atoms with van der Waals surface area (Å²) in [6.07, 6.45) is 3.21. The van der Waals surface area contributed by atoms with Crippen LogP contribution in [0, 0.1) is 0 Å². The number of aromatic nitrogens is 1. The maximum Gasteiger partial charge on any atom is 0.300 e. The lowest BCUT2D eigenvalue weighted by Crippen LogP contribution is -2.29. The molecular weight excluding hydrogens is 508 g/mol. The molecule has 4 rings (SSSR count). The van der Waals surface area contributed by atoms with Gasteiger partial charge in [-0.2, -0.15) is 0 Å². The summed E-state index contributed by atoms with van der Waals surface area (Å²) < 4.78 is 6.65. The number of aliphatic hydroxyl groups excluding tert-OH is 1. The summed E-state index contributed by atoms with van der Waals surface area (Å²) in [5, 5.41) is 11.5. The molecule has 1 aliphatic rings. The molecule has 35 heavy (non-hydrogen) atoms. The first-order valence-electron chi connectivity index (χ1n) is 11.4. The molecule has 0 aliphatic carbocycles. The molecule has 0 spiro atoms. The minimum atomic E-state index is -0.802. The quantitative estimate of drug-likeness (QED) is 0.240. The van der Waals surface area contributed by atoms with Crippen molar-refractivity contribution in [2.75, 3.05) is 11.5 Å². The molecule has 2 aromatic carbocycles. The molecule has 6 nitrogen and oxygen atoms in total. The van der Waals surface area contributed by atoms with Crippen LogP contribution < -0.4 is 9.64 Å². The van der Waals surface area contributed by atoms with Crippen LogP contribution in [0.1, 0.15) is 50.4 Å². The Kier molecular flexibility index (Phi) is 6.81. The zero-order valence-corrected chi connectivity index (χ0v) is 21.7. The molecule has 1 N–H and O–H groups in total. The van der Waals surface area contributed by atoms with Crippen LogP contribution in [0.15, 0.2) is 77.0 Å². The van der Waals surface area contributed by atoms with Crippen LogP contribution >= 0.6 is 15.9 Å². The van der Waals surface area contributed by atoms with Gasteiger partial charge in [0.05, 0.1) is 18.2 Å². The number of pyridine rings is 1. The molecule has 0 bridgehead atoms. The minimum Gasteiger partial charge on any atom is -0.507 e. The van der Waals surface area contributed by atoms with Crippen LogP contribution in [0.5, 0.6) is 5.75 Å². The molecular formula is C28H27BrN2O4. The number of amides is 1. The molecule has 180 valence electrons. The summed E-state index contributed by atoms with van der Waals surface area (Å²) in [6, 6.07) is 15.2. The summed E-state index contributed by atoms with van der Waals surface area (Å²) in [6.45, 7) is 8.59. The van der Waals surface area contributed by atoms with E-state index in [1.165, 1.54) is 4.90 Å². The Bertz CT molecular complexity index is 1290. The Hall–Kier alpha value is -3.45. The molecule has 1 aliphatic heterocycles. The van der Waals surface area contributed by atoms with Crippen molar-refractivity contribution in [3.63, 3.8) is 0 Å². The Morgan fingerprint density at radius 3 is 2.31 bits per heavy atom. The van der Waals surface area contributed by atoms with Gasteiger partial charge in [0.15, 0.2) is 0 Å². The van der Waals surface area contributed by atoms with Gasteiger partial charge in [-0.3, -0.25) is 19.5 Å². The number of hydrogen-bond donors (Lipinski definition) is 1. The Labute approximate surface area is 213 Å². The highest BCUT2D eigenvalue weighted by atomic mass is 79.9. The number of anilines is 1. The Balaban J connectivity index is 1.93. The summed E-state index contributed by atoms with van der Waals surface area (Å²) in [7, 11) is 0. The van der Waals surface area contributed by atoms with Crippen molar-refractivity contribution in [1.82, 2.24) is 4.98 Å². The summed E-state index contributed by atoms with van der Waals surface area (Å²) in [4.78, 5) is 32.1. The van der Waals surface area contributed by atoms with Crippen molar-refractivity contribution < 1.29 is 19.4 Å². The normalized spacial score (nSPS) is 17.6. The van der Waals surface area contributed by atoms with Gasteiger partial charge in [0.25, 0.3) is 11.7 Å². The van der Waals surface area contributed by atoms with E-state index >= 15 is 0 Å². The smallest absolute Gasteiger partial charge is 0.300 e. The van der Waals surface area contributed by atoms with E-state index in [9.17, 15) is 14.7 Å². The molecule has 1 unspecified atom stereocenters. The number of Topliss-reactive ketones (excluding diaryl/α,β-unsaturated/α-hetero) is 1. The number of benzene rings is 2. The van der Waals surface area contributed by atoms with E-state index in [4.69, 9.17) is 4.74 Å². The maximum absolute atomic E-state index is 13.3. The maximum atomic E-state index is 13.3. The first kappa shape index (κ1) is 24.7. The highest BCUT2D eigenvalue weighted by Gasteiger charge is 2.47. The van der Waals surface area contributed by atoms with Crippen LogP contribution in [-0.4, -0.2) is 28.4 Å². The summed E-state index contributed by atoms with van der Waals surface area (Å²) >= 11 is 3.41. The van der Waals surface area contributed by atoms with Gasteiger partial charge in [0.1, 0.15) is 11.5 Å². The molecule has 7 heteroatoms. The number of halogens is 1. The zero-order chi connectivity index (χ0) is 25.3. The second-order valence-electron chi connectivity index (χ2n) is 9.32. The summed E-state index contributed by atoms with van der Waals surface area (Å²) in [5.74, 6) is -0.938. The van der Waals surface area contributed by atoms with Gasteiger partial charge in [0.2, 0.25) is 0 Å². The zero-order valence-electron chi connectivity index (χ0n) is 20.1. The predicted octanol–water partition coefficient (Wildman–Crippen LogP) is 6.17. The van der Waals surface area contributed by atoms with E-state index in [1.54, 1.807) is 60.9 Å². The van der Waals surface area contributed by atoms with Crippen LogP contribution in [-0.2, 0) is 15.0 Å². The van der Waals surface area contributed by atoms with Crippen molar-refractivity contribution in [1.29, 1.82) is 0 Å². The second-order valence-corrected chi connectivity index (χ2v) is 10.2. The van der Waals surface area contributed by atoms with Crippen LogP contribution in [0.3, 0.4) is 0 Å². The van der Waals surface area contributed by atoms with Gasteiger partial charge in [-0.25, -0.2) is 0 Å². The fourth-order valence-electron chi connectivity index (χ4n) is 4.26. The molecule has 1 amide bonds. The van der Waals surface area contributed by atoms with Crippen molar-refractivity contribution in [2.24, 2.45) is 0 Å². The lowest BCUT2D eigenvalue weighted by Gasteiger charge is -2.26. The highest BCUT2D eigenvalue weighted by Crippen LogP contribution is 2.43. The number of hydrogen-bond acceptors (Lipinski definition) is 5. The minimum absolute atomic E-state index is 0.0353. The monoisotopic (exact) mass is 534 g/mol. The van der Waals surface area contributed by atoms with Crippen LogP contribution in [0.4, 0.5) is 5.69 Å². The number of carbonyl (C=O) groups is 2. The van der Waals surface area contributed by atoms with E-state index in [0.29, 0.717) is 23.4 Å². The third-order valence-electron chi connectivity index (χ3n) is 5.93. The average molecular weight is 535 g/mol. The molecule has 0 radical (unpaired) electrons. The van der Waals surface area contributed by atoms with Gasteiger partial charge in [-0.05, 0) is 72.5 Å². The van der Waals surface area contributed by atoms with Crippen molar-refractivity contribution in [3.8, 4) is 5.75 Å². The first-order valence-corrected chi connectivity index (χ1v) is 12.2. The van der Waals surface area contributed by atoms with E-state index in [1.807, 2.05) is 13.0 Å². The van der Waals surface area contributed by atoms with Crippen LogP contribution in [0.2, 0.25) is 0 Å². The van der Waals surface area contributed by atoms with Crippen LogP contribution in [0.25, 0.3) is 5.76 Å². The Morgan fingerprint density at radius 1 is 1.06 bits per heavy atom. The van der Waals surface area contributed by atoms with E-state index in [0.717, 1.165) is 15.8 Å². The lowest BCUT2D eigenvalue weighted by atomic mass is 9.84. The molecule has 0 saturated carbocycles. The van der Waals surface area contributed by atoms with E-state index < -0.39 is 17.7 Å². The Morgan fingerprint density at radius 2 is 1.71 bits per heavy atom. The fraction of sp³-hybridized carbons (Fsp3) is 0.250. The van der Waals surface area contributed by atoms with Gasteiger partial charge in [-0.1, -0.05) is 36.7 Å². The third-order valence-corrected chi connectivity index (χ3v) is 6.46. The SMILES string of the molecule is CCOc1ccc(/C(O)=C2/C(=O)C(=O)N(c3ccc(Br)cc3)C2c2ccncc2)cc1C(C)(C)C. The summed E-state index contributed by atoms with van der Waals surface area (Å²) in [5.41, 5.74) is 2.34. The molecule has 1 fully saturated rings. The van der Waals surface area contributed by atoms with Crippen molar-refractivity contribution in [2.45, 2.75) is 39.2 Å². The second kappa shape index (κ2) is 9.66. The number of ether oxygens (including phenoxy) is 1. The van der Waals surface area contributed by atoms with Crippen molar-refractivity contribution in [3.05, 3.63) is 93.7 Å². The van der Waals surface area contributed by atoms with E-state index in [-0.39, 0.29) is 16.7 Å². The fourth-order valence-corrected chi connectivity index (χ4v) is 4.53. The van der Waals surface area contributed by atoms with Gasteiger partial charge < -0.3 is 9.84 Å². The van der Waals surface area contributed by atoms with Gasteiger partial charge in [-0.15, -0.1) is 0 Å². The molecule has 1 saturated heterocycles. The number of aliphatic hydroxyl groups is 1. The molecule has 1 atom stereocenters. The third kappa shape index (κ3) is 4.73. The molecule has 1 aromatic heterocycles. The number of carbonyl (C=O) groups excluding carboxylic acids is 2. The predicted molar refractivity (Wildman–Crippen MR) is 139 cm³/mol. The standard InChI is InChI=1S/C28H27BrN2O4/c1-5-35-22-11-6-18(16-21(22)28(2,3)4)25(32)23-24(17-12-14-30-15-13-17)31(27(34)26(23)33)20-9-7-19(29)8-10-20/h6-16,24,32H,5H2,1-4H3/b25-23-.